The molecule has 22 heavy (non-hydrogen) atoms. The Morgan fingerprint density at radius 2 is 1.59 bits per heavy atom. The van der Waals surface area contributed by atoms with Gasteiger partial charge in [-0.2, -0.15) is 0 Å². The molecular formula is C19H23NO2. The van der Waals surface area contributed by atoms with Gasteiger partial charge in [-0.15, -0.1) is 0 Å². The van der Waals surface area contributed by atoms with E-state index in [9.17, 15) is 5.21 Å². The molecule has 0 saturated heterocycles. The van der Waals surface area contributed by atoms with Gasteiger partial charge in [0, 0.05) is 5.41 Å². The number of hydrogen-bond donors (Lipinski definition) is 1. The molecule has 0 radical (unpaired) electrons. The molecule has 0 aromatic heterocycles. The molecule has 0 bridgehead atoms. The van der Waals surface area contributed by atoms with E-state index in [1.807, 2.05) is 60.7 Å². The summed E-state index contributed by atoms with van der Waals surface area (Å²) in [6, 6.07) is 19.6. The highest BCUT2D eigenvalue weighted by Crippen LogP contribution is 2.28. The van der Waals surface area contributed by atoms with Gasteiger partial charge in [0.25, 0.3) is 0 Å². The summed E-state index contributed by atoms with van der Waals surface area (Å²) in [5, 5.41) is 12.9. The van der Waals surface area contributed by atoms with E-state index in [0.29, 0.717) is 12.3 Å². The fourth-order valence-electron chi connectivity index (χ4n) is 2.52. The summed E-state index contributed by atoms with van der Waals surface area (Å²) < 4.78 is 5.72. The van der Waals surface area contributed by atoms with Gasteiger partial charge in [-0.1, -0.05) is 67.5 Å². The second-order valence-corrected chi connectivity index (χ2v) is 5.96. The molecule has 0 amide bonds. The maximum atomic E-state index is 9.41. The molecule has 0 saturated carbocycles. The van der Waals surface area contributed by atoms with Gasteiger partial charge in [-0.25, -0.2) is 0 Å². The van der Waals surface area contributed by atoms with Crippen molar-refractivity contribution in [3.63, 3.8) is 0 Å². The van der Waals surface area contributed by atoms with Crippen LogP contribution in [0.2, 0.25) is 0 Å². The molecule has 0 aliphatic rings. The van der Waals surface area contributed by atoms with Crippen molar-refractivity contribution in [2.45, 2.75) is 26.7 Å². The van der Waals surface area contributed by atoms with Crippen molar-refractivity contribution >= 4 is 5.71 Å². The van der Waals surface area contributed by atoms with Crippen LogP contribution in [0.3, 0.4) is 0 Å². The van der Waals surface area contributed by atoms with Crippen molar-refractivity contribution in [1.29, 1.82) is 0 Å². The van der Waals surface area contributed by atoms with Crippen molar-refractivity contribution < 1.29 is 9.94 Å². The second-order valence-electron chi connectivity index (χ2n) is 5.96. The number of hydrogen-bond acceptors (Lipinski definition) is 3. The summed E-state index contributed by atoms with van der Waals surface area (Å²) >= 11 is 0. The fraction of sp³-hybridized carbons (Fsp3) is 0.316. The highest BCUT2D eigenvalue weighted by molar-refractivity contribution is 6.03. The second kappa shape index (κ2) is 7.64. The van der Waals surface area contributed by atoms with Gasteiger partial charge < -0.3 is 9.94 Å². The van der Waals surface area contributed by atoms with Gasteiger partial charge in [0.15, 0.2) is 0 Å². The lowest BCUT2D eigenvalue weighted by molar-refractivity contribution is 0.279. The van der Waals surface area contributed by atoms with E-state index in [4.69, 9.17) is 4.74 Å². The van der Waals surface area contributed by atoms with Crippen LogP contribution < -0.4 is 4.74 Å². The molecular weight excluding hydrogens is 274 g/mol. The van der Waals surface area contributed by atoms with Crippen LogP contribution in [-0.4, -0.2) is 17.5 Å². The molecule has 0 aliphatic carbocycles. The maximum absolute atomic E-state index is 9.41. The first kappa shape index (κ1) is 16.1. The molecule has 0 unspecified atom stereocenters. The molecule has 2 aromatic carbocycles. The van der Waals surface area contributed by atoms with Crippen LogP contribution in [0.4, 0.5) is 0 Å². The number of para-hydroxylation sites is 1. The number of ether oxygens (including phenoxy) is 1. The Morgan fingerprint density at radius 3 is 2.18 bits per heavy atom. The highest BCUT2D eigenvalue weighted by atomic mass is 16.5. The largest absolute Gasteiger partial charge is 0.494 e. The predicted octanol–water partition coefficient (Wildman–Crippen LogP) is 4.75. The van der Waals surface area contributed by atoms with E-state index in [-0.39, 0.29) is 5.41 Å². The number of nitrogens with zero attached hydrogens (tertiary/aromatic N) is 1. The smallest absolute Gasteiger partial charge is 0.119 e. The molecule has 0 fully saturated rings. The Balaban J connectivity index is 1.90. The van der Waals surface area contributed by atoms with Crippen LogP contribution in [0.1, 0.15) is 32.3 Å². The summed E-state index contributed by atoms with van der Waals surface area (Å²) in [5.41, 5.74) is 1.46. The minimum atomic E-state index is -0.212. The predicted molar refractivity (Wildman–Crippen MR) is 89.7 cm³/mol. The van der Waals surface area contributed by atoms with Crippen LogP contribution in [-0.2, 0) is 0 Å². The van der Waals surface area contributed by atoms with Crippen LogP contribution in [0.25, 0.3) is 0 Å². The Bertz CT molecular complexity index is 591. The summed E-state index contributed by atoms with van der Waals surface area (Å²) in [6.07, 6.45) is 1.78. The first-order chi connectivity index (χ1) is 10.6. The van der Waals surface area contributed by atoms with Gasteiger partial charge in [0.05, 0.1) is 12.3 Å². The van der Waals surface area contributed by atoms with Crippen molar-refractivity contribution in [3.8, 4) is 5.75 Å². The lowest BCUT2D eigenvalue weighted by atomic mass is 9.79. The Labute approximate surface area is 132 Å². The van der Waals surface area contributed by atoms with Crippen molar-refractivity contribution in [3.05, 3.63) is 66.2 Å². The van der Waals surface area contributed by atoms with Crippen molar-refractivity contribution in [1.82, 2.24) is 0 Å². The van der Waals surface area contributed by atoms with E-state index in [1.54, 1.807) is 0 Å². The average Bonchev–Trinajstić information content (AvgIpc) is 2.54. The van der Waals surface area contributed by atoms with Crippen LogP contribution >= 0.6 is 0 Å². The molecule has 0 aliphatic heterocycles. The summed E-state index contributed by atoms with van der Waals surface area (Å²) in [4.78, 5) is 0. The van der Waals surface area contributed by atoms with E-state index in [0.717, 1.165) is 24.2 Å². The van der Waals surface area contributed by atoms with E-state index in [1.165, 1.54) is 0 Å². The van der Waals surface area contributed by atoms with Crippen molar-refractivity contribution in [2.75, 3.05) is 6.61 Å². The topological polar surface area (TPSA) is 41.8 Å². The number of benzene rings is 2. The fourth-order valence-corrected chi connectivity index (χ4v) is 2.52. The lowest BCUT2D eigenvalue weighted by Crippen LogP contribution is -2.26. The minimum absolute atomic E-state index is 0.212. The van der Waals surface area contributed by atoms with Crippen LogP contribution in [0.5, 0.6) is 5.75 Å². The Hall–Kier alpha value is -2.29. The average molecular weight is 297 g/mol. The molecule has 116 valence electrons. The van der Waals surface area contributed by atoms with E-state index in [2.05, 4.69) is 19.0 Å². The molecule has 2 rings (SSSR count). The third kappa shape index (κ3) is 4.35. The number of oxime groups is 1. The minimum Gasteiger partial charge on any atom is -0.494 e. The first-order valence-corrected chi connectivity index (χ1v) is 7.59. The third-order valence-corrected chi connectivity index (χ3v) is 3.75. The molecule has 0 spiro atoms. The SMILES string of the molecule is CC(C)(CCCOc1ccccc1)C(=NO)c1ccccc1. The zero-order chi connectivity index (χ0) is 15.8. The van der Waals surface area contributed by atoms with E-state index >= 15 is 0 Å². The molecule has 2 aromatic rings. The summed E-state index contributed by atoms with van der Waals surface area (Å²) in [5.74, 6) is 0.888. The quantitative estimate of drug-likeness (QED) is 0.347. The molecule has 3 nitrogen and oxygen atoms in total. The van der Waals surface area contributed by atoms with Crippen LogP contribution in [0, 0.1) is 5.41 Å². The van der Waals surface area contributed by atoms with Crippen molar-refractivity contribution in [2.24, 2.45) is 10.6 Å². The standard InChI is InChI=1S/C19H23NO2/c1-19(2,18(20-21)16-10-5-3-6-11-16)14-9-15-22-17-12-7-4-8-13-17/h3-8,10-13,21H,9,14-15H2,1-2H3. The Kier molecular flexibility index (Phi) is 5.59. The number of rotatable bonds is 7. The van der Waals surface area contributed by atoms with Crippen LogP contribution in [0.15, 0.2) is 65.8 Å². The zero-order valence-corrected chi connectivity index (χ0v) is 13.2. The molecule has 1 N–H and O–H groups in total. The normalized spacial score (nSPS) is 12.2. The molecule has 0 heterocycles. The van der Waals surface area contributed by atoms with Gasteiger partial charge in [-0.05, 0) is 30.5 Å². The van der Waals surface area contributed by atoms with Gasteiger partial charge in [0.2, 0.25) is 0 Å². The zero-order valence-electron chi connectivity index (χ0n) is 13.2. The van der Waals surface area contributed by atoms with Gasteiger partial charge in [0.1, 0.15) is 5.75 Å². The lowest BCUT2D eigenvalue weighted by Gasteiger charge is -2.26. The van der Waals surface area contributed by atoms with E-state index < -0.39 is 0 Å². The highest BCUT2D eigenvalue weighted by Gasteiger charge is 2.26. The van der Waals surface area contributed by atoms with Gasteiger partial charge in [-0.3, -0.25) is 0 Å². The summed E-state index contributed by atoms with van der Waals surface area (Å²) in [7, 11) is 0. The Morgan fingerprint density at radius 1 is 1.00 bits per heavy atom. The first-order valence-electron chi connectivity index (χ1n) is 7.59. The van der Waals surface area contributed by atoms with Gasteiger partial charge >= 0.3 is 0 Å². The molecule has 0 atom stereocenters. The third-order valence-electron chi connectivity index (χ3n) is 3.75. The maximum Gasteiger partial charge on any atom is 0.119 e. The summed E-state index contributed by atoms with van der Waals surface area (Å²) in [6.45, 7) is 4.84. The monoisotopic (exact) mass is 297 g/mol. The molecule has 3 heteroatoms.